The third-order valence-electron chi connectivity index (χ3n) is 3.10. The third-order valence-corrected chi connectivity index (χ3v) is 3.10. The highest BCUT2D eigenvalue weighted by atomic mass is 16.5. The first kappa shape index (κ1) is 17.2. The average Bonchev–Trinajstić information content (AvgIpc) is 2.28. The summed E-state index contributed by atoms with van der Waals surface area (Å²) >= 11 is 0. The summed E-state index contributed by atoms with van der Waals surface area (Å²) in [5.41, 5.74) is 1.41. The molecule has 0 aromatic rings. The number of hydrogen-bond donors (Lipinski definition) is 0. The second kappa shape index (κ2) is 11.3. The van der Waals surface area contributed by atoms with Gasteiger partial charge < -0.3 is 4.74 Å². The summed E-state index contributed by atoms with van der Waals surface area (Å²) in [5.74, 6) is 0.747. The van der Waals surface area contributed by atoms with Gasteiger partial charge in [0, 0.05) is 6.42 Å². The molecule has 0 aliphatic carbocycles. The number of ether oxygens (including phenoxy) is 1. The van der Waals surface area contributed by atoms with E-state index in [9.17, 15) is 4.79 Å². The third kappa shape index (κ3) is 11.7. The minimum atomic E-state index is -0.0471. The molecule has 1 atom stereocenters. The van der Waals surface area contributed by atoms with Gasteiger partial charge in [0.1, 0.15) is 0 Å². The highest BCUT2D eigenvalue weighted by Crippen LogP contribution is 2.16. The molecule has 0 aliphatic rings. The molecule has 0 saturated heterocycles. The largest absolute Gasteiger partial charge is 0.466 e. The number of esters is 1. The lowest BCUT2D eigenvalue weighted by molar-refractivity contribution is -0.143. The molecule has 0 saturated carbocycles. The van der Waals surface area contributed by atoms with E-state index in [0.29, 0.717) is 13.0 Å². The lowest BCUT2D eigenvalue weighted by Crippen LogP contribution is -2.03. The van der Waals surface area contributed by atoms with Gasteiger partial charge in [0.15, 0.2) is 0 Å². The Kier molecular flexibility index (Phi) is 10.8. The van der Waals surface area contributed by atoms with Crippen molar-refractivity contribution in [3.05, 3.63) is 11.6 Å². The van der Waals surface area contributed by atoms with Crippen molar-refractivity contribution in [2.24, 2.45) is 5.92 Å². The Bertz CT molecular complexity index is 239. The van der Waals surface area contributed by atoms with E-state index in [2.05, 4.69) is 26.8 Å². The van der Waals surface area contributed by atoms with Crippen molar-refractivity contribution in [1.82, 2.24) is 0 Å². The molecule has 0 bridgehead atoms. The van der Waals surface area contributed by atoms with Crippen LogP contribution in [0.1, 0.15) is 72.6 Å². The molecule has 0 amide bonds. The molecule has 0 aromatic heterocycles. The van der Waals surface area contributed by atoms with Crippen LogP contribution in [0.2, 0.25) is 0 Å². The Hall–Kier alpha value is -0.790. The Morgan fingerprint density at radius 1 is 1.17 bits per heavy atom. The molecule has 0 unspecified atom stereocenters. The molecule has 0 aliphatic heterocycles. The van der Waals surface area contributed by atoms with E-state index in [0.717, 1.165) is 18.8 Å². The van der Waals surface area contributed by atoms with Crippen LogP contribution in [0.15, 0.2) is 11.6 Å². The second-order valence-corrected chi connectivity index (χ2v) is 5.37. The molecule has 0 fully saturated rings. The molecule has 106 valence electrons. The van der Waals surface area contributed by atoms with Gasteiger partial charge in [-0.05, 0) is 46.0 Å². The molecule has 2 heteroatoms. The van der Waals surface area contributed by atoms with E-state index >= 15 is 0 Å². The van der Waals surface area contributed by atoms with Crippen LogP contribution in [-0.4, -0.2) is 12.6 Å². The van der Waals surface area contributed by atoms with E-state index in [1.165, 1.54) is 31.3 Å². The maximum absolute atomic E-state index is 11.1. The Labute approximate surface area is 113 Å². The zero-order chi connectivity index (χ0) is 13.8. The summed E-state index contributed by atoms with van der Waals surface area (Å²) in [6, 6.07) is 0. The maximum atomic E-state index is 11.1. The smallest absolute Gasteiger partial charge is 0.305 e. The first-order chi connectivity index (χ1) is 8.56. The van der Waals surface area contributed by atoms with Crippen LogP contribution in [0, 0.1) is 5.92 Å². The summed E-state index contributed by atoms with van der Waals surface area (Å²) in [7, 11) is 0. The number of unbranched alkanes of at least 4 members (excludes halogenated alkanes) is 2. The monoisotopic (exact) mass is 254 g/mol. The molecule has 0 heterocycles. The van der Waals surface area contributed by atoms with Crippen molar-refractivity contribution in [1.29, 1.82) is 0 Å². The number of hydrogen-bond acceptors (Lipinski definition) is 2. The Morgan fingerprint density at radius 2 is 1.89 bits per heavy atom. The fraction of sp³-hybridized carbons (Fsp3) is 0.812. The van der Waals surface area contributed by atoms with Crippen molar-refractivity contribution in [2.75, 3.05) is 6.61 Å². The molecule has 0 aromatic carbocycles. The molecular weight excluding hydrogens is 224 g/mol. The predicted molar refractivity (Wildman–Crippen MR) is 77.5 cm³/mol. The lowest BCUT2D eigenvalue weighted by atomic mass is 9.97. The molecule has 18 heavy (non-hydrogen) atoms. The van der Waals surface area contributed by atoms with Crippen LogP contribution in [-0.2, 0) is 9.53 Å². The van der Waals surface area contributed by atoms with Crippen molar-refractivity contribution < 1.29 is 9.53 Å². The van der Waals surface area contributed by atoms with Crippen molar-refractivity contribution in [2.45, 2.75) is 72.6 Å². The molecular formula is C16H30O2. The van der Waals surface area contributed by atoms with Gasteiger partial charge in [-0.3, -0.25) is 4.79 Å². The highest BCUT2D eigenvalue weighted by molar-refractivity contribution is 5.69. The van der Waals surface area contributed by atoms with Gasteiger partial charge >= 0.3 is 5.97 Å². The summed E-state index contributed by atoms with van der Waals surface area (Å²) in [6.45, 7) is 8.98. The predicted octanol–water partition coefficient (Wildman–Crippen LogP) is 4.88. The van der Waals surface area contributed by atoms with Crippen LogP contribution in [0.3, 0.4) is 0 Å². The summed E-state index contributed by atoms with van der Waals surface area (Å²) in [4.78, 5) is 11.1. The molecule has 0 N–H and O–H groups in total. The molecule has 0 radical (unpaired) electrons. The van der Waals surface area contributed by atoms with Crippen LogP contribution in [0.25, 0.3) is 0 Å². The van der Waals surface area contributed by atoms with Crippen LogP contribution in [0.4, 0.5) is 0 Å². The molecule has 0 spiro atoms. The molecule has 2 nitrogen and oxygen atoms in total. The fourth-order valence-electron chi connectivity index (χ4n) is 1.97. The van der Waals surface area contributed by atoms with E-state index in [1.54, 1.807) is 0 Å². The minimum Gasteiger partial charge on any atom is -0.466 e. The fourth-order valence-corrected chi connectivity index (χ4v) is 1.97. The summed E-state index contributed by atoms with van der Waals surface area (Å²) in [5, 5.41) is 0. The summed E-state index contributed by atoms with van der Waals surface area (Å²) < 4.78 is 4.90. The number of rotatable bonds is 10. The van der Waals surface area contributed by atoms with E-state index in [-0.39, 0.29) is 5.97 Å². The van der Waals surface area contributed by atoms with Crippen molar-refractivity contribution in [3.8, 4) is 0 Å². The lowest BCUT2D eigenvalue weighted by Gasteiger charge is -2.09. The summed E-state index contributed by atoms with van der Waals surface area (Å²) in [6.07, 6.45) is 10.0. The number of carbonyl (C=O) groups is 1. The van der Waals surface area contributed by atoms with Gasteiger partial charge in [-0.2, -0.15) is 0 Å². The zero-order valence-corrected chi connectivity index (χ0v) is 12.6. The van der Waals surface area contributed by atoms with Crippen LogP contribution < -0.4 is 0 Å². The average molecular weight is 254 g/mol. The van der Waals surface area contributed by atoms with Gasteiger partial charge in [-0.15, -0.1) is 0 Å². The normalized spacial score (nSPS) is 12.0. The van der Waals surface area contributed by atoms with Gasteiger partial charge in [0.05, 0.1) is 6.61 Å². The van der Waals surface area contributed by atoms with E-state index in [4.69, 9.17) is 4.74 Å². The molecule has 0 rings (SSSR count). The number of carbonyl (C=O) groups excluding carboxylic acids is 1. The van der Waals surface area contributed by atoms with Gasteiger partial charge in [-0.25, -0.2) is 0 Å². The zero-order valence-electron chi connectivity index (χ0n) is 12.6. The highest BCUT2D eigenvalue weighted by Gasteiger charge is 2.03. The van der Waals surface area contributed by atoms with Gasteiger partial charge in [0.2, 0.25) is 0 Å². The van der Waals surface area contributed by atoms with Crippen LogP contribution in [0.5, 0.6) is 0 Å². The topological polar surface area (TPSA) is 26.3 Å². The standard InChI is InChI=1S/C16H30O2/c1-5-18-16(17)13-8-6-7-11-15(4)12-9-10-14(2)3/h10,15H,5-9,11-13H2,1-4H3/t15-/m1/s1. The Morgan fingerprint density at radius 3 is 2.50 bits per heavy atom. The minimum absolute atomic E-state index is 0.0471. The van der Waals surface area contributed by atoms with E-state index in [1.807, 2.05) is 6.92 Å². The first-order valence-electron chi connectivity index (χ1n) is 7.35. The quantitative estimate of drug-likeness (QED) is 0.315. The van der Waals surface area contributed by atoms with Crippen molar-refractivity contribution >= 4 is 5.97 Å². The van der Waals surface area contributed by atoms with Crippen molar-refractivity contribution in [3.63, 3.8) is 0 Å². The number of allylic oxidation sites excluding steroid dienone is 2. The first-order valence-corrected chi connectivity index (χ1v) is 7.35. The van der Waals surface area contributed by atoms with Crippen LogP contribution >= 0.6 is 0 Å². The Balaban J connectivity index is 3.37. The SMILES string of the molecule is CCOC(=O)CCCCC[C@@H](C)CCC=C(C)C. The van der Waals surface area contributed by atoms with Gasteiger partial charge in [-0.1, -0.05) is 37.8 Å². The maximum Gasteiger partial charge on any atom is 0.305 e. The second-order valence-electron chi connectivity index (χ2n) is 5.37. The van der Waals surface area contributed by atoms with E-state index < -0.39 is 0 Å². The van der Waals surface area contributed by atoms with Gasteiger partial charge in [0.25, 0.3) is 0 Å².